The highest BCUT2D eigenvalue weighted by Crippen LogP contribution is 2.22. The highest BCUT2D eigenvalue weighted by molar-refractivity contribution is 9.11. The molecule has 0 spiro atoms. The number of halogens is 1. The Kier molecular flexibility index (Phi) is 5.37. The normalized spacial score (nSPS) is 11.5. The number of rotatable bonds is 5. The summed E-state index contributed by atoms with van der Waals surface area (Å²) in [5.41, 5.74) is 1.31. The molecule has 0 bridgehead atoms. The van der Waals surface area contributed by atoms with Crippen molar-refractivity contribution in [2.75, 3.05) is 0 Å². The van der Waals surface area contributed by atoms with Crippen molar-refractivity contribution in [2.24, 2.45) is 0 Å². The van der Waals surface area contributed by atoms with E-state index >= 15 is 0 Å². The molecule has 1 heterocycles. The van der Waals surface area contributed by atoms with Crippen molar-refractivity contribution in [1.82, 2.24) is 0 Å². The summed E-state index contributed by atoms with van der Waals surface area (Å²) >= 11 is 4.88. The zero-order chi connectivity index (χ0) is 15.2. The second-order valence-corrected chi connectivity index (χ2v) is 6.53. The molecule has 0 N–H and O–H groups in total. The van der Waals surface area contributed by atoms with Crippen LogP contribution in [-0.2, 0) is 16.1 Å². The minimum atomic E-state index is -0.776. The van der Waals surface area contributed by atoms with Gasteiger partial charge in [-0.25, -0.2) is 4.79 Å². The summed E-state index contributed by atoms with van der Waals surface area (Å²) in [4.78, 5) is 11.9. The van der Waals surface area contributed by atoms with Gasteiger partial charge in [0.25, 0.3) is 0 Å². The van der Waals surface area contributed by atoms with Crippen LogP contribution in [0.1, 0.15) is 18.1 Å². The molecule has 0 aliphatic rings. The third kappa shape index (κ3) is 4.31. The lowest BCUT2D eigenvalue weighted by molar-refractivity contribution is -0.152. The van der Waals surface area contributed by atoms with Gasteiger partial charge in [-0.05, 0) is 46.4 Å². The summed E-state index contributed by atoms with van der Waals surface area (Å²) in [7, 11) is 0. The molecular weight excluding hydrogens is 354 g/mol. The van der Waals surface area contributed by atoms with Crippen molar-refractivity contribution in [2.45, 2.75) is 19.6 Å². The van der Waals surface area contributed by atoms with Gasteiger partial charge in [0.2, 0.25) is 0 Å². The summed E-state index contributed by atoms with van der Waals surface area (Å²) in [6.45, 7) is 1.80. The van der Waals surface area contributed by atoms with E-state index in [1.807, 2.05) is 17.5 Å². The van der Waals surface area contributed by atoms with Crippen LogP contribution in [0.3, 0.4) is 0 Å². The Morgan fingerprint density at radius 3 is 2.90 bits per heavy atom. The van der Waals surface area contributed by atoms with Crippen LogP contribution in [-0.4, -0.2) is 12.1 Å². The fourth-order valence-electron chi connectivity index (χ4n) is 1.59. The second kappa shape index (κ2) is 7.25. The van der Waals surface area contributed by atoms with E-state index in [0.29, 0.717) is 11.3 Å². The zero-order valence-corrected chi connectivity index (χ0v) is 13.6. The number of hydrogen-bond acceptors (Lipinski definition) is 5. The molecule has 0 aliphatic heterocycles. The van der Waals surface area contributed by atoms with Crippen LogP contribution >= 0.6 is 27.3 Å². The molecule has 1 atom stereocenters. The van der Waals surface area contributed by atoms with E-state index < -0.39 is 12.1 Å². The fraction of sp³-hybridized carbons (Fsp3) is 0.200. The van der Waals surface area contributed by atoms with E-state index in [-0.39, 0.29) is 6.61 Å². The minimum Gasteiger partial charge on any atom is -0.478 e. The van der Waals surface area contributed by atoms with Crippen LogP contribution in [0.4, 0.5) is 0 Å². The van der Waals surface area contributed by atoms with Gasteiger partial charge in [0.05, 0.1) is 9.35 Å². The Morgan fingerprint density at radius 1 is 1.48 bits per heavy atom. The summed E-state index contributed by atoms with van der Waals surface area (Å²) in [5.74, 6) is -0.0900. The van der Waals surface area contributed by atoms with E-state index in [2.05, 4.69) is 15.9 Å². The fourth-order valence-corrected chi connectivity index (χ4v) is 2.79. The molecule has 0 saturated carbocycles. The predicted molar refractivity (Wildman–Crippen MR) is 83.1 cm³/mol. The van der Waals surface area contributed by atoms with Crippen LogP contribution in [0.15, 0.2) is 39.5 Å². The van der Waals surface area contributed by atoms with Crippen LogP contribution in [0.25, 0.3) is 0 Å². The van der Waals surface area contributed by atoms with Gasteiger partial charge in [0.1, 0.15) is 18.4 Å². The highest BCUT2D eigenvalue weighted by atomic mass is 79.9. The number of ether oxygens (including phenoxy) is 2. The van der Waals surface area contributed by atoms with E-state index in [1.54, 1.807) is 31.2 Å². The summed E-state index contributed by atoms with van der Waals surface area (Å²) in [5, 5.41) is 10.9. The van der Waals surface area contributed by atoms with Crippen molar-refractivity contribution in [1.29, 1.82) is 5.26 Å². The number of nitrogens with zero attached hydrogens (tertiary/aromatic N) is 1. The highest BCUT2D eigenvalue weighted by Gasteiger charge is 2.18. The van der Waals surface area contributed by atoms with Gasteiger partial charge in [-0.3, -0.25) is 0 Å². The van der Waals surface area contributed by atoms with Gasteiger partial charge in [-0.2, -0.15) is 5.26 Å². The third-order valence-electron chi connectivity index (χ3n) is 2.65. The molecule has 0 saturated heterocycles. The van der Waals surface area contributed by atoms with Crippen LogP contribution in [0, 0.1) is 11.3 Å². The number of thiophene rings is 1. The monoisotopic (exact) mass is 365 g/mol. The van der Waals surface area contributed by atoms with Crippen molar-refractivity contribution in [3.8, 4) is 11.8 Å². The summed E-state index contributed by atoms with van der Waals surface area (Å²) < 4.78 is 11.7. The predicted octanol–water partition coefficient (Wildman–Crippen LogP) is 3.89. The standard InChI is InChI=1S/C15H12BrNO3S/c1-10(20-13-5-3-2-4-12(13)7-17)15(18)19-8-11-6-14(16)21-9-11/h2-6,9-10H,8H2,1H3/t10-/m0/s1. The van der Waals surface area contributed by atoms with Crippen LogP contribution in [0.5, 0.6) is 5.75 Å². The molecule has 108 valence electrons. The number of esters is 1. The third-order valence-corrected chi connectivity index (χ3v) is 4.20. The molecule has 6 heteroatoms. The van der Waals surface area contributed by atoms with Gasteiger partial charge < -0.3 is 9.47 Å². The van der Waals surface area contributed by atoms with Gasteiger partial charge >= 0.3 is 5.97 Å². The van der Waals surface area contributed by atoms with Crippen molar-refractivity contribution in [3.63, 3.8) is 0 Å². The maximum absolute atomic E-state index is 11.9. The van der Waals surface area contributed by atoms with Crippen LogP contribution in [0.2, 0.25) is 0 Å². The number of carbonyl (C=O) groups excluding carboxylic acids is 1. The number of carbonyl (C=O) groups is 1. The molecule has 1 aromatic carbocycles. The number of nitriles is 1. The Hall–Kier alpha value is -1.84. The Balaban J connectivity index is 1.92. The van der Waals surface area contributed by atoms with E-state index in [4.69, 9.17) is 14.7 Å². The Labute approximate surface area is 135 Å². The number of benzene rings is 1. The molecule has 1 aromatic heterocycles. The zero-order valence-electron chi connectivity index (χ0n) is 11.2. The first-order valence-corrected chi connectivity index (χ1v) is 7.82. The molecule has 0 amide bonds. The average Bonchev–Trinajstić information content (AvgIpc) is 2.91. The Morgan fingerprint density at radius 2 is 2.24 bits per heavy atom. The molecule has 4 nitrogen and oxygen atoms in total. The van der Waals surface area contributed by atoms with Gasteiger partial charge in [0.15, 0.2) is 6.10 Å². The van der Waals surface area contributed by atoms with Gasteiger partial charge in [0, 0.05) is 5.56 Å². The van der Waals surface area contributed by atoms with Crippen molar-refractivity contribution < 1.29 is 14.3 Å². The Bertz CT molecular complexity index is 678. The van der Waals surface area contributed by atoms with E-state index in [0.717, 1.165) is 9.35 Å². The topological polar surface area (TPSA) is 59.3 Å². The van der Waals surface area contributed by atoms with Gasteiger partial charge in [-0.1, -0.05) is 12.1 Å². The first-order valence-electron chi connectivity index (χ1n) is 6.15. The van der Waals surface area contributed by atoms with Gasteiger partial charge in [-0.15, -0.1) is 11.3 Å². The maximum Gasteiger partial charge on any atom is 0.347 e. The van der Waals surface area contributed by atoms with Crippen LogP contribution < -0.4 is 4.74 Å². The number of hydrogen-bond donors (Lipinski definition) is 0. The molecule has 0 unspecified atom stereocenters. The van der Waals surface area contributed by atoms with Crippen molar-refractivity contribution >= 4 is 33.2 Å². The lowest BCUT2D eigenvalue weighted by Crippen LogP contribution is -2.26. The van der Waals surface area contributed by atoms with E-state index in [9.17, 15) is 4.79 Å². The van der Waals surface area contributed by atoms with Crippen molar-refractivity contribution in [3.05, 3.63) is 50.6 Å². The molecule has 2 aromatic rings. The maximum atomic E-state index is 11.9. The summed E-state index contributed by atoms with van der Waals surface area (Å²) in [6, 6.07) is 10.7. The molecule has 2 rings (SSSR count). The first kappa shape index (κ1) is 15.5. The first-order chi connectivity index (χ1) is 10.1. The largest absolute Gasteiger partial charge is 0.478 e. The SMILES string of the molecule is C[C@H](Oc1ccccc1C#N)C(=O)OCc1csc(Br)c1. The summed E-state index contributed by atoms with van der Waals surface area (Å²) in [6.07, 6.45) is -0.776. The molecule has 21 heavy (non-hydrogen) atoms. The molecule has 0 fully saturated rings. The molecule has 0 radical (unpaired) electrons. The molecular formula is C15H12BrNO3S. The average molecular weight is 366 g/mol. The second-order valence-electron chi connectivity index (χ2n) is 4.23. The minimum absolute atomic E-state index is 0.203. The molecule has 0 aliphatic carbocycles. The smallest absolute Gasteiger partial charge is 0.347 e. The lowest BCUT2D eigenvalue weighted by atomic mass is 10.2. The van der Waals surface area contributed by atoms with E-state index in [1.165, 1.54) is 11.3 Å². The lowest BCUT2D eigenvalue weighted by Gasteiger charge is -2.14. The number of para-hydroxylation sites is 1. The quantitative estimate of drug-likeness (QED) is 0.754.